The van der Waals surface area contributed by atoms with E-state index < -0.39 is 0 Å². The Hall–Kier alpha value is -1.71. The minimum absolute atomic E-state index is 0.114. The molecule has 0 spiro atoms. The number of nitrogens with two attached hydrogens (primary N) is 1. The van der Waals surface area contributed by atoms with Gasteiger partial charge in [-0.15, -0.1) is 0 Å². The first-order valence-corrected chi connectivity index (χ1v) is 6.82. The average molecular weight is 261 g/mol. The van der Waals surface area contributed by atoms with Crippen LogP contribution in [0.4, 0.5) is 5.69 Å². The molecule has 0 radical (unpaired) electrons. The fourth-order valence-corrected chi connectivity index (χ4v) is 2.73. The van der Waals surface area contributed by atoms with Gasteiger partial charge in [-0.1, -0.05) is 6.92 Å². The van der Waals surface area contributed by atoms with Gasteiger partial charge >= 0.3 is 0 Å². The van der Waals surface area contributed by atoms with Crippen molar-refractivity contribution in [1.82, 2.24) is 0 Å². The molecule has 0 saturated carbocycles. The van der Waals surface area contributed by atoms with Crippen LogP contribution in [0.5, 0.6) is 5.75 Å². The summed E-state index contributed by atoms with van der Waals surface area (Å²) in [5, 5.41) is 7.75. The molecule has 1 aliphatic rings. The van der Waals surface area contributed by atoms with Crippen molar-refractivity contribution in [2.75, 3.05) is 18.6 Å². The quantitative estimate of drug-likeness (QED) is 0.649. The maximum atomic E-state index is 7.75. The molecule has 104 valence electrons. The van der Waals surface area contributed by atoms with Crippen LogP contribution in [0.3, 0.4) is 0 Å². The van der Waals surface area contributed by atoms with Gasteiger partial charge in [-0.25, -0.2) is 0 Å². The molecule has 2 unspecified atom stereocenters. The molecule has 1 saturated heterocycles. The number of hydrogen-bond donors (Lipinski definition) is 2. The molecule has 4 heteroatoms. The van der Waals surface area contributed by atoms with Crippen molar-refractivity contribution in [3.63, 3.8) is 0 Å². The Morgan fingerprint density at radius 1 is 1.37 bits per heavy atom. The maximum absolute atomic E-state index is 7.75. The van der Waals surface area contributed by atoms with E-state index in [1.165, 1.54) is 12.8 Å². The predicted octanol–water partition coefficient (Wildman–Crippen LogP) is 2.60. The summed E-state index contributed by atoms with van der Waals surface area (Å²) in [6.07, 6.45) is 2.44. The number of ether oxygens (including phenoxy) is 1. The van der Waals surface area contributed by atoms with Gasteiger partial charge in [-0.05, 0) is 37.8 Å². The third kappa shape index (κ3) is 2.83. The molecule has 0 bridgehead atoms. The van der Waals surface area contributed by atoms with Crippen LogP contribution in [0, 0.1) is 11.3 Å². The third-order valence-electron chi connectivity index (χ3n) is 3.92. The molecular weight excluding hydrogens is 238 g/mol. The number of methoxy groups -OCH3 is 1. The summed E-state index contributed by atoms with van der Waals surface area (Å²) >= 11 is 0. The Morgan fingerprint density at radius 2 is 2.11 bits per heavy atom. The zero-order chi connectivity index (χ0) is 14.0. The molecule has 1 aromatic carbocycles. The lowest BCUT2D eigenvalue weighted by Gasteiger charge is -2.39. The van der Waals surface area contributed by atoms with Crippen molar-refractivity contribution in [3.05, 3.63) is 23.8 Å². The van der Waals surface area contributed by atoms with E-state index in [1.54, 1.807) is 7.11 Å². The van der Waals surface area contributed by atoms with Gasteiger partial charge in [0, 0.05) is 24.2 Å². The highest BCUT2D eigenvalue weighted by Gasteiger charge is 2.25. The number of benzene rings is 1. The number of hydrogen-bond acceptors (Lipinski definition) is 3. The number of nitrogens with one attached hydrogen (secondary N) is 1. The number of piperidine rings is 1. The molecule has 2 rings (SSSR count). The van der Waals surface area contributed by atoms with Gasteiger partial charge < -0.3 is 15.4 Å². The fourth-order valence-electron chi connectivity index (χ4n) is 2.73. The van der Waals surface area contributed by atoms with E-state index in [2.05, 4.69) is 18.7 Å². The first-order valence-electron chi connectivity index (χ1n) is 6.82. The number of rotatable bonds is 3. The zero-order valence-corrected chi connectivity index (χ0v) is 11.9. The number of amidine groups is 1. The van der Waals surface area contributed by atoms with E-state index in [9.17, 15) is 0 Å². The summed E-state index contributed by atoms with van der Waals surface area (Å²) in [6.45, 7) is 5.51. The van der Waals surface area contributed by atoms with Gasteiger partial charge in [0.15, 0.2) is 0 Å². The van der Waals surface area contributed by atoms with Crippen molar-refractivity contribution in [1.29, 1.82) is 5.41 Å². The molecule has 0 aliphatic carbocycles. The van der Waals surface area contributed by atoms with Gasteiger partial charge in [-0.2, -0.15) is 0 Å². The Balaban J connectivity index is 2.42. The summed E-state index contributed by atoms with van der Waals surface area (Å²) in [5.74, 6) is 1.59. The minimum atomic E-state index is 0.114. The van der Waals surface area contributed by atoms with Gasteiger partial charge in [-0.3, -0.25) is 5.41 Å². The second kappa shape index (κ2) is 5.51. The van der Waals surface area contributed by atoms with Crippen molar-refractivity contribution >= 4 is 11.5 Å². The maximum Gasteiger partial charge on any atom is 0.124 e. The van der Waals surface area contributed by atoms with Crippen LogP contribution in [0.15, 0.2) is 18.2 Å². The molecule has 0 amide bonds. The Labute approximate surface area is 115 Å². The standard InChI is InChI=1S/C15H23N3O/c1-10-4-5-11(2)18(9-10)14-8-12(19-3)6-7-13(14)15(16)17/h6-8,10-11H,4-5,9H2,1-3H3,(H3,16,17). The second-order valence-electron chi connectivity index (χ2n) is 5.48. The molecule has 1 aliphatic heterocycles. The lowest BCUT2D eigenvalue weighted by molar-refractivity contribution is 0.388. The summed E-state index contributed by atoms with van der Waals surface area (Å²) in [7, 11) is 1.66. The molecule has 19 heavy (non-hydrogen) atoms. The Bertz CT molecular complexity index is 472. The first-order chi connectivity index (χ1) is 9.02. The van der Waals surface area contributed by atoms with E-state index in [1.807, 2.05) is 18.2 Å². The summed E-state index contributed by atoms with van der Waals surface area (Å²) < 4.78 is 5.30. The minimum Gasteiger partial charge on any atom is -0.497 e. The zero-order valence-electron chi connectivity index (χ0n) is 11.9. The second-order valence-corrected chi connectivity index (χ2v) is 5.48. The van der Waals surface area contributed by atoms with Crippen LogP contribution in [-0.4, -0.2) is 25.5 Å². The highest BCUT2D eigenvalue weighted by molar-refractivity contribution is 6.00. The summed E-state index contributed by atoms with van der Waals surface area (Å²) in [5.41, 5.74) is 7.52. The SMILES string of the molecule is COc1ccc(C(=N)N)c(N2CC(C)CCC2C)c1. The smallest absolute Gasteiger partial charge is 0.124 e. The number of nitrogen functional groups attached to an aromatic ring is 1. The molecule has 1 heterocycles. The van der Waals surface area contributed by atoms with Crippen molar-refractivity contribution < 1.29 is 4.74 Å². The van der Waals surface area contributed by atoms with Crippen molar-refractivity contribution in [2.45, 2.75) is 32.7 Å². The van der Waals surface area contributed by atoms with Gasteiger partial charge in [0.1, 0.15) is 11.6 Å². The largest absolute Gasteiger partial charge is 0.497 e. The monoisotopic (exact) mass is 261 g/mol. The van der Waals surface area contributed by atoms with Crippen LogP contribution in [-0.2, 0) is 0 Å². The average Bonchev–Trinajstić information content (AvgIpc) is 2.40. The lowest BCUT2D eigenvalue weighted by Crippen LogP contribution is -2.42. The molecule has 1 fully saturated rings. The predicted molar refractivity (Wildman–Crippen MR) is 79.2 cm³/mol. The normalized spacial score (nSPS) is 23.2. The van der Waals surface area contributed by atoms with Crippen LogP contribution in [0.2, 0.25) is 0 Å². The highest BCUT2D eigenvalue weighted by Crippen LogP contribution is 2.32. The van der Waals surface area contributed by atoms with Crippen LogP contribution >= 0.6 is 0 Å². The number of nitrogens with zero attached hydrogens (tertiary/aromatic N) is 1. The van der Waals surface area contributed by atoms with E-state index in [0.29, 0.717) is 12.0 Å². The number of anilines is 1. The van der Waals surface area contributed by atoms with Gasteiger partial charge in [0.05, 0.1) is 12.8 Å². The lowest BCUT2D eigenvalue weighted by atomic mass is 9.93. The molecule has 0 aromatic heterocycles. The van der Waals surface area contributed by atoms with Crippen LogP contribution in [0.25, 0.3) is 0 Å². The van der Waals surface area contributed by atoms with Gasteiger partial charge in [0.25, 0.3) is 0 Å². The van der Waals surface area contributed by atoms with E-state index in [4.69, 9.17) is 15.9 Å². The Kier molecular flexibility index (Phi) is 3.98. The van der Waals surface area contributed by atoms with Crippen LogP contribution in [0.1, 0.15) is 32.3 Å². The summed E-state index contributed by atoms with van der Waals surface area (Å²) in [6, 6.07) is 6.20. The molecular formula is C15H23N3O. The van der Waals surface area contributed by atoms with E-state index >= 15 is 0 Å². The van der Waals surface area contributed by atoms with Crippen molar-refractivity contribution in [3.8, 4) is 5.75 Å². The van der Waals surface area contributed by atoms with Gasteiger partial charge in [0.2, 0.25) is 0 Å². The summed E-state index contributed by atoms with van der Waals surface area (Å²) in [4.78, 5) is 2.35. The third-order valence-corrected chi connectivity index (χ3v) is 3.92. The van der Waals surface area contributed by atoms with E-state index in [-0.39, 0.29) is 5.84 Å². The molecule has 3 N–H and O–H groups in total. The first kappa shape index (κ1) is 13.7. The van der Waals surface area contributed by atoms with E-state index in [0.717, 1.165) is 23.5 Å². The topological polar surface area (TPSA) is 62.3 Å². The van der Waals surface area contributed by atoms with Crippen molar-refractivity contribution in [2.24, 2.45) is 11.7 Å². The fraction of sp³-hybridized carbons (Fsp3) is 0.533. The van der Waals surface area contributed by atoms with Crippen LogP contribution < -0.4 is 15.4 Å². The Morgan fingerprint density at radius 3 is 2.74 bits per heavy atom. The molecule has 2 atom stereocenters. The molecule has 4 nitrogen and oxygen atoms in total. The molecule has 1 aromatic rings. The highest BCUT2D eigenvalue weighted by atomic mass is 16.5.